The zero-order chi connectivity index (χ0) is 18.4. The highest BCUT2D eigenvalue weighted by atomic mass is 16.5. The first kappa shape index (κ1) is 17.4. The predicted octanol–water partition coefficient (Wildman–Crippen LogP) is 2.18. The van der Waals surface area contributed by atoms with E-state index in [4.69, 9.17) is 9.47 Å². The van der Waals surface area contributed by atoms with Crippen molar-refractivity contribution < 1.29 is 14.3 Å². The molecule has 1 aromatic heterocycles. The molecule has 0 saturated carbocycles. The molecule has 1 heterocycles. The molecule has 0 spiro atoms. The third kappa shape index (κ3) is 3.97. The van der Waals surface area contributed by atoms with Gasteiger partial charge in [-0.25, -0.2) is 0 Å². The highest BCUT2D eigenvalue weighted by Crippen LogP contribution is 2.26. The minimum absolute atomic E-state index is 0.234. The zero-order valence-electron chi connectivity index (χ0n) is 14.5. The number of nitrogens with zero attached hydrogens (tertiary/aromatic N) is 3. The Hall–Kier alpha value is -3.42. The number of nitrogens with one attached hydrogen (secondary N) is 2. The van der Waals surface area contributed by atoms with Crippen LogP contribution in [0.3, 0.4) is 0 Å². The van der Waals surface area contributed by atoms with Crippen molar-refractivity contribution >= 4 is 11.6 Å². The highest BCUT2D eigenvalue weighted by Gasteiger charge is 2.26. The number of H-pyrrole nitrogens is 1. The lowest BCUT2D eigenvalue weighted by molar-refractivity contribution is -0.117. The minimum Gasteiger partial charge on any atom is -0.497 e. The SMILES string of the molecule is COc1ccc(NC(=O)C(Cc2ccccc2OC)c2nn[nH]n2)cc1. The van der Waals surface area contributed by atoms with Gasteiger partial charge in [0.1, 0.15) is 17.4 Å². The molecule has 0 radical (unpaired) electrons. The van der Waals surface area contributed by atoms with Crippen molar-refractivity contribution in [1.29, 1.82) is 0 Å². The second-order valence-corrected chi connectivity index (χ2v) is 5.56. The molecular weight excluding hydrogens is 334 g/mol. The Morgan fingerprint density at radius 3 is 2.54 bits per heavy atom. The van der Waals surface area contributed by atoms with Gasteiger partial charge in [-0.15, -0.1) is 10.2 Å². The van der Waals surface area contributed by atoms with Gasteiger partial charge < -0.3 is 14.8 Å². The molecule has 3 rings (SSSR count). The van der Waals surface area contributed by atoms with Gasteiger partial charge in [0.25, 0.3) is 0 Å². The molecular formula is C18H19N5O3. The number of aromatic amines is 1. The van der Waals surface area contributed by atoms with Crippen LogP contribution in [0.5, 0.6) is 11.5 Å². The average molecular weight is 353 g/mol. The Labute approximate surface area is 150 Å². The van der Waals surface area contributed by atoms with Gasteiger partial charge in [0, 0.05) is 5.69 Å². The molecule has 1 atom stereocenters. The largest absolute Gasteiger partial charge is 0.497 e. The van der Waals surface area contributed by atoms with Gasteiger partial charge in [0.05, 0.1) is 14.2 Å². The van der Waals surface area contributed by atoms with Crippen molar-refractivity contribution in [1.82, 2.24) is 20.6 Å². The van der Waals surface area contributed by atoms with Crippen LogP contribution in [0.4, 0.5) is 5.69 Å². The topological polar surface area (TPSA) is 102 Å². The van der Waals surface area contributed by atoms with Crippen molar-refractivity contribution in [3.05, 3.63) is 59.9 Å². The van der Waals surface area contributed by atoms with Crippen molar-refractivity contribution in [3.63, 3.8) is 0 Å². The number of para-hydroxylation sites is 1. The van der Waals surface area contributed by atoms with Gasteiger partial charge in [0.15, 0.2) is 5.82 Å². The number of hydrogen-bond donors (Lipinski definition) is 2. The Bertz CT molecular complexity index is 850. The smallest absolute Gasteiger partial charge is 0.235 e. The minimum atomic E-state index is -0.618. The number of tetrazole rings is 1. The number of anilines is 1. The number of benzene rings is 2. The van der Waals surface area contributed by atoms with E-state index in [1.807, 2.05) is 24.3 Å². The number of aromatic nitrogens is 4. The van der Waals surface area contributed by atoms with E-state index in [0.29, 0.717) is 29.4 Å². The maximum Gasteiger partial charge on any atom is 0.235 e. The molecule has 134 valence electrons. The van der Waals surface area contributed by atoms with Crippen LogP contribution >= 0.6 is 0 Å². The van der Waals surface area contributed by atoms with E-state index in [2.05, 4.69) is 25.9 Å². The van der Waals surface area contributed by atoms with Crippen LogP contribution in [-0.2, 0) is 11.2 Å². The number of ether oxygens (including phenoxy) is 2. The lowest BCUT2D eigenvalue weighted by atomic mass is 9.97. The third-order valence-electron chi connectivity index (χ3n) is 3.96. The fourth-order valence-electron chi connectivity index (χ4n) is 2.61. The summed E-state index contributed by atoms with van der Waals surface area (Å²) in [5, 5.41) is 16.8. The van der Waals surface area contributed by atoms with E-state index < -0.39 is 5.92 Å². The third-order valence-corrected chi connectivity index (χ3v) is 3.96. The van der Waals surface area contributed by atoms with E-state index in [0.717, 1.165) is 5.56 Å². The number of carbonyl (C=O) groups excluding carboxylic acids is 1. The summed E-state index contributed by atoms with van der Waals surface area (Å²) in [6.45, 7) is 0. The Balaban J connectivity index is 1.82. The summed E-state index contributed by atoms with van der Waals surface area (Å²) in [4.78, 5) is 12.9. The molecule has 3 aromatic rings. The molecule has 26 heavy (non-hydrogen) atoms. The second kappa shape index (κ2) is 8.11. The van der Waals surface area contributed by atoms with Crippen molar-refractivity contribution in [2.45, 2.75) is 12.3 Å². The molecule has 0 aliphatic heterocycles. The Kier molecular flexibility index (Phi) is 5.43. The lowest BCUT2D eigenvalue weighted by Crippen LogP contribution is -2.24. The first-order chi connectivity index (χ1) is 12.7. The summed E-state index contributed by atoms with van der Waals surface area (Å²) in [6, 6.07) is 14.6. The average Bonchev–Trinajstić information content (AvgIpc) is 3.21. The van der Waals surface area contributed by atoms with Crippen LogP contribution in [0.1, 0.15) is 17.3 Å². The first-order valence-electron chi connectivity index (χ1n) is 8.01. The summed E-state index contributed by atoms with van der Waals surface area (Å²) in [7, 11) is 3.19. The van der Waals surface area contributed by atoms with E-state index in [9.17, 15) is 4.79 Å². The molecule has 0 bridgehead atoms. The quantitative estimate of drug-likeness (QED) is 0.675. The van der Waals surface area contributed by atoms with Gasteiger partial charge >= 0.3 is 0 Å². The van der Waals surface area contributed by atoms with Crippen molar-refractivity contribution in [2.24, 2.45) is 0 Å². The van der Waals surface area contributed by atoms with Crippen LogP contribution in [-0.4, -0.2) is 40.8 Å². The molecule has 1 unspecified atom stereocenters. The summed E-state index contributed by atoms with van der Waals surface area (Å²) in [5.41, 5.74) is 1.54. The molecule has 0 fully saturated rings. The lowest BCUT2D eigenvalue weighted by Gasteiger charge is -2.15. The van der Waals surface area contributed by atoms with Crippen LogP contribution in [0.15, 0.2) is 48.5 Å². The first-order valence-corrected chi connectivity index (χ1v) is 8.01. The molecule has 2 aromatic carbocycles. The Morgan fingerprint density at radius 2 is 1.88 bits per heavy atom. The van der Waals surface area contributed by atoms with Gasteiger partial charge in [-0.05, 0) is 42.3 Å². The van der Waals surface area contributed by atoms with Gasteiger partial charge in [-0.1, -0.05) is 23.4 Å². The standard InChI is InChI=1S/C18H19N5O3/c1-25-14-9-7-13(8-10-14)19-18(24)15(17-20-22-23-21-17)11-12-5-3-4-6-16(12)26-2/h3-10,15H,11H2,1-2H3,(H,19,24)(H,20,21,22,23). The van der Waals surface area contributed by atoms with Crippen LogP contribution < -0.4 is 14.8 Å². The number of carbonyl (C=O) groups is 1. The van der Waals surface area contributed by atoms with Crippen LogP contribution in [0.2, 0.25) is 0 Å². The van der Waals surface area contributed by atoms with Gasteiger partial charge in [-0.2, -0.15) is 5.21 Å². The second-order valence-electron chi connectivity index (χ2n) is 5.56. The maximum absolute atomic E-state index is 12.9. The fourth-order valence-corrected chi connectivity index (χ4v) is 2.61. The predicted molar refractivity (Wildman–Crippen MR) is 95.2 cm³/mol. The monoisotopic (exact) mass is 353 g/mol. The number of rotatable bonds is 7. The molecule has 0 saturated heterocycles. The molecule has 0 aliphatic rings. The summed E-state index contributed by atoms with van der Waals surface area (Å²) in [6.07, 6.45) is 0.380. The van der Waals surface area contributed by atoms with E-state index >= 15 is 0 Å². The van der Waals surface area contributed by atoms with E-state index in [-0.39, 0.29) is 5.91 Å². The number of amides is 1. The molecule has 8 heteroatoms. The zero-order valence-corrected chi connectivity index (χ0v) is 14.5. The number of methoxy groups -OCH3 is 2. The maximum atomic E-state index is 12.9. The van der Waals surface area contributed by atoms with Crippen molar-refractivity contribution in [2.75, 3.05) is 19.5 Å². The molecule has 1 amide bonds. The van der Waals surface area contributed by atoms with Crippen LogP contribution in [0, 0.1) is 0 Å². The Morgan fingerprint density at radius 1 is 1.12 bits per heavy atom. The van der Waals surface area contributed by atoms with E-state index in [1.165, 1.54) is 0 Å². The number of hydrogen-bond acceptors (Lipinski definition) is 6. The summed E-state index contributed by atoms with van der Waals surface area (Å²) < 4.78 is 10.5. The summed E-state index contributed by atoms with van der Waals surface area (Å²) in [5.74, 6) is 0.890. The normalized spacial score (nSPS) is 11.6. The molecule has 2 N–H and O–H groups in total. The molecule has 8 nitrogen and oxygen atoms in total. The highest BCUT2D eigenvalue weighted by molar-refractivity contribution is 5.95. The van der Waals surface area contributed by atoms with Crippen molar-refractivity contribution in [3.8, 4) is 11.5 Å². The summed E-state index contributed by atoms with van der Waals surface area (Å²) >= 11 is 0. The molecule has 0 aliphatic carbocycles. The van der Waals surface area contributed by atoms with E-state index in [1.54, 1.807) is 38.5 Å². The van der Waals surface area contributed by atoms with Crippen LogP contribution in [0.25, 0.3) is 0 Å². The van der Waals surface area contributed by atoms with Gasteiger partial charge in [0.2, 0.25) is 5.91 Å². The fraction of sp³-hybridized carbons (Fsp3) is 0.222. The van der Waals surface area contributed by atoms with Gasteiger partial charge in [-0.3, -0.25) is 4.79 Å².